The Labute approximate surface area is 84.4 Å². The molecule has 2 aliphatic heterocycles. The number of carbonyl (C=O) groups is 1. The lowest BCUT2D eigenvalue weighted by Crippen LogP contribution is -2.55. The van der Waals surface area contributed by atoms with Gasteiger partial charge in [-0.2, -0.15) is 0 Å². The molecule has 0 spiro atoms. The van der Waals surface area contributed by atoms with E-state index in [2.05, 4.69) is 17.6 Å². The van der Waals surface area contributed by atoms with Gasteiger partial charge in [0.2, 0.25) is 5.91 Å². The average molecular weight is 198 g/mol. The highest BCUT2D eigenvalue weighted by molar-refractivity contribution is 5.82. The monoisotopic (exact) mass is 198 g/mol. The smallest absolute Gasteiger partial charge is 0.237 e. The molecule has 2 N–H and O–H groups in total. The normalized spacial score (nSPS) is 36.5. The molecule has 2 unspecified atom stereocenters. The molecular formula is C10H18N2O2. The van der Waals surface area contributed by atoms with E-state index < -0.39 is 0 Å². The molecule has 0 aromatic rings. The second-order valence-corrected chi connectivity index (χ2v) is 4.42. The van der Waals surface area contributed by atoms with E-state index in [9.17, 15) is 4.79 Å². The van der Waals surface area contributed by atoms with Crippen LogP contribution in [0.2, 0.25) is 0 Å². The van der Waals surface area contributed by atoms with E-state index in [1.54, 1.807) is 0 Å². The minimum atomic E-state index is -0.126. The highest BCUT2D eigenvalue weighted by Crippen LogP contribution is 2.23. The quantitative estimate of drug-likeness (QED) is 0.673. The summed E-state index contributed by atoms with van der Waals surface area (Å²) in [6.45, 7) is 4.50. The molecule has 1 amide bonds. The molecule has 0 bridgehead atoms. The zero-order chi connectivity index (χ0) is 10.0. The number of rotatable bonds is 3. The molecule has 0 aliphatic carbocycles. The lowest BCUT2D eigenvalue weighted by Gasteiger charge is -2.29. The number of carbonyl (C=O) groups excluding carboxylic acids is 1. The van der Waals surface area contributed by atoms with Gasteiger partial charge >= 0.3 is 0 Å². The Morgan fingerprint density at radius 1 is 1.71 bits per heavy atom. The summed E-state index contributed by atoms with van der Waals surface area (Å²) in [5.74, 6) is 0.118. The highest BCUT2D eigenvalue weighted by Gasteiger charge is 2.32. The van der Waals surface area contributed by atoms with Crippen molar-refractivity contribution in [3.05, 3.63) is 0 Å². The molecule has 0 aromatic heterocycles. The van der Waals surface area contributed by atoms with Crippen LogP contribution in [0.3, 0.4) is 0 Å². The van der Waals surface area contributed by atoms with Gasteiger partial charge in [0.05, 0.1) is 11.6 Å². The number of hydrogen-bond acceptors (Lipinski definition) is 3. The van der Waals surface area contributed by atoms with Gasteiger partial charge in [0.15, 0.2) is 0 Å². The molecule has 2 aliphatic rings. The van der Waals surface area contributed by atoms with E-state index in [0.717, 1.165) is 32.4 Å². The molecule has 0 aromatic carbocycles. The first-order valence-electron chi connectivity index (χ1n) is 5.35. The van der Waals surface area contributed by atoms with Crippen LogP contribution in [0.15, 0.2) is 0 Å². The zero-order valence-corrected chi connectivity index (χ0v) is 8.64. The lowest BCUT2D eigenvalue weighted by atomic mass is 10.0. The van der Waals surface area contributed by atoms with E-state index >= 15 is 0 Å². The van der Waals surface area contributed by atoms with Gasteiger partial charge in [0.25, 0.3) is 0 Å². The van der Waals surface area contributed by atoms with Crippen molar-refractivity contribution in [3.63, 3.8) is 0 Å². The first-order chi connectivity index (χ1) is 6.70. The number of amides is 1. The van der Waals surface area contributed by atoms with Gasteiger partial charge in [-0.15, -0.1) is 0 Å². The fourth-order valence-corrected chi connectivity index (χ4v) is 1.89. The van der Waals surface area contributed by atoms with E-state index in [0.29, 0.717) is 6.54 Å². The summed E-state index contributed by atoms with van der Waals surface area (Å²) in [6, 6.07) is 0.0417. The van der Waals surface area contributed by atoms with E-state index in [1.807, 2.05) is 0 Å². The molecule has 2 rings (SSSR count). The fourth-order valence-electron chi connectivity index (χ4n) is 1.89. The molecule has 0 radical (unpaired) electrons. The van der Waals surface area contributed by atoms with Crippen molar-refractivity contribution in [3.8, 4) is 0 Å². The summed E-state index contributed by atoms with van der Waals surface area (Å²) in [5.41, 5.74) is -0.126. The SMILES string of the molecule is CC1(CNC(=O)C2CCN2)CCCO1. The third-order valence-electron chi connectivity index (χ3n) is 3.08. The molecule has 0 saturated carbocycles. The predicted molar refractivity (Wildman–Crippen MR) is 53.0 cm³/mol. The Hall–Kier alpha value is -0.610. The zero-order valence-electron chi connectivity index (χ0n) is 8.64. The van der Waals surface area contributed by atoms with Gasteiger partial charge in [0.1, 0.15) is 0 Å². The maximum Gasteiger partial charge on any atom is 0.237 e. The molecule has 2 fully saturated rings. The molecule has 14 heavy (non-hydrogen) atoms. The first kappa shape index (κ1) is 9.93. The largest absolute Gasteiger partial charge is 0.373 e. The van der Waals surface area contributed by atoms with Gasteiger partial charge in [-0.3, -0.25) is 4.79 Å². The van der Waals surface area contributed by atoms with E-state index in [-0.39, 0.29) is 17.6 Å². The Bertz CT molecular complexity index is 220. The van der Waals surface area contributed by atoms with Crippen LogP contribution in [0.4, 0.5) is 0 Å². The van der Waals surface area contributed by atoms with Crippen LogP contribution in [0.25, 0.3) is 0 Å². The number of nitrogens with one attached hydrogen (secondary N) is 2. The van der Waals surface area contributed by atoms with Crippen LogP contribution in [0.5, 0.6) is 0 Å². The molecule has 2 atom stereocenters. The Morgan fingerprint density at radius 2 is 2.50 bits per heavy atom. The predicted octanol–water partition coefficient (Wildman–Crippen LogP) is 0.0336. The molecule has 2 saturated heterocycles. The Balaban J connectivity index is 1.72. The maximum atomic E-state index is 11.5. The van der Waals surface area contributed by atoms with Crippen LogP contribution in [-0.2, 0) is 9.53 Å². The van der Waals surface area contributed by atoms with Crippen molar-refractivity contribution in [2.75, 3.05) is 19.7 Å². The average Bonchev–Trinajstić information content (AvgIpc) is 2.47. The second kappa shape index (κ2) is 3.87. The topological polar surface area (TPSA) is 50.4 Å². The maximum absolute atomic E-state index is 11.5. The third kappa shape index (κ3) is 2.07. The minimum absolute atomic E-state index is 0.0417. The number of ether oxygens (including phenoxy) is 1. The Kier molecular flexibility index (Phi) is 2.74. The molecule has 2 heterocycles. The highest BCUT2D eigenvalue weighted by atomic mass is 16.5. The van der Waals surface area contributed by atoms with Gasteiger partial charge in [-0.25, -0.2) is 0 Å². The summed E-state index contributed by atoms with van der Waals surface area (Å²) in [7, 11) is 0. The van der Waals surface area contributed by atoms with E-state index in [4.69, 9.17) is 4.74 Å². The van der Waals surface area contributed by atoms with Crippen molar-refractivity contribution in [2.24, 2.45) is 0 Å². The molecule has 80 valence electrons. The van der Waals surface area contributed by atoms with Crippen molar-refractivity contribution in [2.45, 2.75) is 37.8 Å². The van der Waals surface area contributed by atoms with E-state index in [1.165, 1.54) is 0 Å². The Morgan fingerprint density at radius 3 is 3.00 bits per heavy atom. The van der Waals surface area contributed by atoms with Crippen molar-refractivity contribution in [1.29, 1.82) is 0 Å². The van der Waals surface area contributed by atoms with Crippen LogP contribution >= 0.6 is 0 Å². The van der Waals surface area contributed by atoms with Crippen LogP contribution in [-0.4, -0.2) is 37.2 Å². The van der Waals surface area contributed by atoms with Crippen molar-refractivity contribution >= 4 is 5.91 Å². The third-order valence-corrected chi connectivity index (χ3v) is 3.08. The number of hydrogen-bond donors (Lipinski definition) is 2. The van der Waals surface area contributed by atoms with Gasteiger partial charge in [-0.1, -0.05) is 0 Å². The summed E-state index contributed by atoms with van der Waals surface area (Å²) >= 11 is 0. The summed E-state index contributed by atoms with van der Waals surface area (Å²) in [5, 5.41) is 6.02. The van der Waals surface area contributed by atoms with Crippen LogP contribution in [0.1, 0.15) is 26.2 Å². The summed E-state index contributed by atoms with van der Waals surface area (Å²) in [4.78, 5) is 11.5. The standard InChI is InChI=1S/C10H18N2O2/c1-10(4-2-6-14-10)7-12-9(13)8-3-5-11-8/h8,11H,2-7H2,1H3,(H,12,13). The minimum Gasteiger partial charge on any atom is -0.373 e. The van der Waals surface area contributed by atoms with Crippen molar-refractivity contribution < 1.29 is 9.53 Å². The summed E-state index contributed by atoms with van der Waals surface area (Å²) in [6.07, 6.45) is 3.11. The van der Waals surface area contributed by atoms with Crippen molar-refractivity contribution in [1.82, 2.24) is 10.6 Å². The molecular weight excluding hydrogens is 180 g/mol. The first-order valence-corrected chi connectivity index (χ1v) is 5.35. The lowest BCUT2D eigenvalue weighted by molar-refractivity contribution is -0.126. The van der Waals surface area contributed by atoms with Gasteiger partial charge in [0, 0.05) is 13.2 Å². The second-order valence-electron chi connectivity index (χ2n) is 4.42. The van der Waals surface area contributed by atoms with Crippen LogP contribution < -0.4 is 10.6 Å². The fraction of sp³-hybridized carbons (Fsp3) is 0.900. The van der Waals surface area contributed by atoms with Crippen LogP contribution in [0, 0.1) is 0 Å². The summed E-state index contributed by atoms with van der Waals surface area (Å²) < 4.78 is 5.59. The molecule has 4 heteroatoms. The molecule has 4 nitrogen and oxygen atoms in total. The van der Waals surface area contributed by atoms with Gasteiger partial charge < -0.3 is 15.4 Å². The van der Waals surface area contributed by atoms with Gasteiger partial charge in [-0.05, 0) is 32.7 Å².